The molecule has 3 rings (SSSR count). The molecule has 1 atom stereocenters. The molecule has 3 aliphatic rings. The van der Waals surface area contributed by atoms with Crippen molar-refractivity contribution in [2.75, 3.05) is 53.4 Å². The summed E-state index contributed by atoms with van der Waals surface area (Å²) in [4.78, 5) is 23.4. The smallest absolute Gasteiger partial charge is 0.243 e. The Morgan fingerprint density at radius 2 is 1.74 bits per heavy atom. The fraction of sp³-hybridized carbons (Fsp3) is 0.900. The number of amides is 1. The largest absolute Gasteiger partial charge is 0.353 e. The zero-order valence-corrected chi connectivity index (χ0v) is 19.5. The van der Waals surface area contributed by atoms with E-state index < -0.39 is 0 Å². The van der Waals surface area contributed by atoms with Gasteiger partial charge < -0.3 is 20.0 Å². The van der Waals surface area contributed by atoms with Crippen LogP contribution in [0.3, 0.4) is 0 Å². The summed E-state index contributed by atoms with van der Waals surface area (Å²) in [5, 5.41) is 3.70. The van der Waals surface area contributed by atoms with E-state index in [1.807, 2.05) is 0 Å². The maximum Gasteiger partial charge on any atom is 0.243 e. The number of likely N-dealkylation sites (N-methyl/N-ethyl adjacent to an activating group) is 1. The summed E-state index contributed by atoms with van der Waals surface area (Å²) in [6.45, 7) is 6.15. The second kappa shape index (κ2) is 11.4. The van der Waals surface area contributed by atoms with Gasteiger partial charge in [-0.15, -0.1) is 24.0 Å². The summed E-state index contributed by atoms with van der Waals surface area (Å²) in [7, 11) is 3.60. The van der Waals surface area contributed by atoms with Crippen molar-refractivity contribution in [1.82, 2.24) is 20.0 Å². The van der Waals surface area contributed by atoms with Gasteiger partial charge in [0.15, 0.2) is 5.96 Å². The molecule has 0 aromatic rings. The van der Waals surface area contributed by atoms with Crippen molar-refractivity contribution < 1.29 is 4.79 Å². The summed E-state index contributed by atoms with van der Waals surface area (Å²) >= 11 is 0. The molecule has 1 saturated carbocycles. The first-order valence-electron chi connectivity index (χ1n) is 10.6. The van der Waals surface area contributed by atoms with Gasteiger partial charge in [-0.2, -0.15) is 0 Å². The minimum atomic E-state index is 0. The van der Waals surface area contributed by atoms with Crippen molar-refractivity contribution in [3.63, 3.8) is 0 Å². The highest BCUT2D eigenvalue weighted by atomic mass is 127. The SMILES string of the molecule is CN(C)C(=O)CN=C(NC1CCCCC1)N1CCC(CN2CCCC2)C1.I. The van der Waals surface area contributed by atoms with Gasteiger partial charge in [0, 0.05) is 39.8 Å². The molecule has 1 N–H and O–H groups in total. The predicted octanol–water partition coefficient (Wildman–Crippen LogP) is 2.39. The lowest BCUT2D eigenvalue weighted by molar-refractivity contribution is -0.127. The van der Waals surface area contributed by atoms with Crippen LogP contribution >= 0.6 is 24.0 Å². The fourth-order valence-electron chi connectivity index (χ4n) is 4.45. The van der Waals surface area contributed by atoms with Gasteiger partial charge in [0.2, 0.25) is 5.91 Å². The number of aliphatic imine (C=N–C) groups is 1. The summed E-state index contributed by atoms with van der Waals surface area (Å²) in [6, 6.07) is 0.523. The molecule has 0 radical (unpaired) electrons. The Balaban J connectivity index is 0.00000261. The first-order valence-corrected chi connectivity index (χ1v) is 10.6. The van der Waals surface area contributed by atoms with E-state index >= 15 is 0 Å². The highest BCUT2D eigenvalue weighted by Crippen LogP contribution is 2.22. The van der Waals surface area contributed by atoms with Gasteiger partial charge in [-0.3, -0.25) is 4.79 Å². The molecule has 0 aromatic carbocycles. The van der Waals surface area contributed by atoms with E-state index in [1.54, 1.807) is 19.0 Å². The standard InChI is InChI=1S/C20H37N5O.HI/c1-23(2)19(26)14-21-20(22-18-8-4-3-5-9-18)25-13-10-17(16-25)15-24-11-6-7-12-24;/h17-18H,3-16H2,1-2H3,(H,21,22);1H. The van der Waals surface area contributed by atoms with E-state index in [0.29, 0.717) is 6.04 Å². The molecule has 0 aromatic heterocycles. The zero-order chi connectivity index (χ0) is 18.4. The van der Waals surface area contributed by atoms with Crippen LogP contribution in [-0.2, 0) is 4.79 Å². The molecule has 3 fully saturated rings. The number of carbonyl (C=O) groups excluding carboxylic acids is 1. The second-order valence-corrected chi connectivity index (χ2v) is 8.52. The third-order valence-corrected chi connectivity index (χ3v) is 6.10. The number of likely N-dealkylation sites (tertiary alicyclic amines) is 2. The molecule has 6 nitrogen and oxygen atoms in total. The Labute approximate surface area is 182 Å². The van der Waals surface area contributed by atoms with Crippen LogP contribution in [0.2, 0.25) is 0 Å². The monoisotopic (exact) mass is 491 g/mol. The summed E-state index contributed by atoms with van der Waals surface area (Å²) in [5.41, 5.74) is 0. The molecule has 2 heterocycles. The van der Waals surface area contributed by atoms with Crippen LogP contribution in [0.1, 0.15) is 51.4 Å². The summed E-state index contributed by atoms with van der Waals surface area (Å²) < 4.78 is 0. The molecule has 7 heteroatoms. The molecule has 0 spiro atoms. The normalized spacial score (nSPS) is 24.7. The van der Waals surface area contributed by atoms with Crippen molar-refractivity contribution in [1.29, 1.82) is 0 Å². The first kappa shape index (κ1) is 22.7. The lowest BCUT2D eigenvalue weighted by atomic mass is 9.96. The Kier molecular flexibility index (Phi) is 9.62. The van der Waals surface area contributed by atoms with Gasteiger partial charge in [-0.05, 0) is 51.1 Å². The molecule has 1 aliphatic carbocycles. The molecular formula is C20H38IN5O. The van der Waals surface area contributed by atoms with Crippen LogP contribution in [0, 0.1) is 5.92 Å². The Morgan fingerprint density at radius 3 is 2.41 bits per heavy atom. The van der Waals surface area contributed by atoms with Crippen LogP contribution in [0.15, 0.2) is 4.99 Å². The summed E-state index contributed by atoms with van der Waals surface area (Å²) in [6.07, 6.45) is 10.4. The third kappa shape index (κ3) is 7.07. The van der Waals surface area contributed by atoms with E-state index in [-0.39, 0.29) is 36.4 Å². The van der Waals surface area contributed by atoms with Crippen LogP contribution in [0.5, 0.6) is 0 Å². The lowest BCUT2D eigenvalue weighted by Crippen LogP contribution is -2.46. The van der Waals surface area contributed by atoms with Gasteiger partial charge in [0.25, 0.3) is 0 Å². The molecule has 1 amide bonds. The van der Waals surface area contributed by atoms with Gasteiger partial charge >= 0.3 is 0 Å². The van der Waals surface area contributed by atoms with Crippen molar-refractivity contribution >= 4 is 35.8 Å². The van der Waals surface area contributed by atoms with Crippen LogP contribution < -0.4 is 5.32 Å². The molecule has 27 heavy (non-hydrogen) atoms. The summed E-state index contributed by atoms with van der Waals surface area (Å²) in [5.74, 6) is 1.77. The van der Waals surface area contributed by atoms with Crippen molar-refractivity contribution in [3.8, 4) is 0 Å². The molecule has 2 saturated heterocycles. The number of rotatable bonds is 5. The minimum absolute atomic E-state index is 0. The quantitative estimate of drug-likeness (QED) is 0.365. The number of guanidine groups is 1. The van der Waals surface area contributed by atoms with Crippen LogP contribution in [0.4, 0.5) is 0 Å². The van der Waals surface area contributed by atoms with Crippen molar-refractivity contribution in [3.05, 3.63) is 0 Å². The Bertz CT molecular complexity index is 487. The zero-order valence-electron chi connectivity index (χ0n) is 17.2. The van der Waals surface area contributed by atoms with E-state index in [1.165, 1.54) is 71.0 Å². The maximum atomic E-state index is 12.0. The first-order chi connectivity index (χ1) is 12.6. The van der Waals surface area contributed by atoms with Crippen molar-refractivity contribution in [2.45, 2.75) is 57.4 Å². The van der Waals surface area contributed by atoms with Crippen LogP contribution in [-0.4, -0.2) is 86.0 Å². The average molecular weight is 491 g/mol. The van der Waals surface area contributed by atoms with Gasteiger partial charge in [-0.1, -0.05) is 19.3 Å². The molecule has 2 aliphatic heterocycles. The number of halogens is 1. The molecular weight excluding hydrogens is 453 g/mol. The number of hydrogen-bond acceptors (Lipinski definition) is 3. The van der Waals surface area contributed by atoms with Gasteiger partial charge in [0.05, 0.1) is 0 Å². The van der Waals surface area contributed by atoms with Crippen molar-refractivity contribution in [2.24, 2.45) is 10.9 Å². The topological polar surface area (TPSA) is 51.2 Å². The molecule has 156 valence electrons. The minimum Gasteiger partial charge on any atom is -0.353 e. The molecule has 1 unspecified atom stereocenters. The van der Waals surface area contributed by atoms with E-state index in [4.69, 9.17) is 4.99 Å². The predicted molar refractivity (Wildman–Crippen MR) is 122 cm³/mol. The third-order valence-electron chi connectivity index (χ3n) is 6.10. The Hall–Kier alpha value is -0.570. The number of nitrogens with one attached hydrogen (secondary N) is 1. The highest BCUT2D eigenvalue weighted by molar-refractivity contribution is 14.0. The number of nitrogens with zero attached hydrogens (tertiary/aromatic N) is 4. The van der Waals surface area contributed by atoms with Gasteiger partial charge in [-0.25, -0.2) is 4.99 Å². The average Bonchev–Trinajstić information content (AvgIpc) is 3.31. The Morgan fingerprint density at radius 1 is 1.04 bits per heavy atom. The molecule has 0 bridgehead atoms. The highest BCUT2D eigenvalue weighted by Gasteiger charge is 2.28. The fourth-order valence-corrected chi connectivity index (χ4v) is 4.45. The number of carbonyl (C=O) groups is 1. The van der Waals surface area contributed by atoms with E-state index in [9.17, 15) is 4.79 Å². The van der Waals surface area contributed by atoms with Gasteiger partial charge in [0.1, 0.15) is 6.54 Å². The number of hydrogen-bond donors (Lipinski definition) is 1. The van der Waals surface area contributed by atoms with Crippen LogP contribution in [0.25, 0.3) is 0 Å². The lowest BCUT2D eigenvalue weighted by Gasteiger charge is -2.29. The second-order valence-electron chi connectivity index (χ2n) is 8.52. The van der Waals surface area contributed by atoms with E-state index in [0.717, 1.165) is 25.0 Å². The van der Waals surface area contributed by atoms with E-state index in [2.05, 4.69) is 15.1 Å². The maximum absolute atomic E-state index is 12.0.